The number of fused-ring (bicyclic) bond motifs is 1. The van der Waals surface area contributed by atoms with Gasteiger partial charge in [0.25, 0.3) is 0 Å². The van der Waals surface area contributed by atoms with Gasteiger partial charge in [-0.1, -0.05) is 54.1 Å². The molecule has 20 heavy (non-hydrogen) atoms. The Balaban J connectivity index is 1.60. The minimum absolute atomic E-state index is 0.509. The second-order valence-electron chi connectivity index (χ2n) is 5.46. The van der Waals surface area contributed by atoms with Gasteiger partial charge in [-0.05, 0) is 36.6 Å². The van der Waals surface area contributed by atoms with Crippen LogP contribution in [-0.4, -0.2) is 12.3 Å². The highest BCUT2D eigenvalue weighted by molar-refractivity contribution is 7.98. The average Bonchev–Trinajstić information content (AvgIpc) is 2.48. The van der Waals surface area contributed by atoms with Gasteiger partial charge in [0.1, 0.15) is 0 Å². The lowest BCUT2D eigenvalue weighted by Crippen LogP contribution is -2.28. The first kappa shape index (κ1) is 13.7. The normalized spacial score (nSPS) is 17.8. The molecule has 104 valence electrons. The van der Waals surface area contributed by atoms with Crippen LogP contribution in [0, 0.1) is 6.92 Å². The molecule has 3 rings (SSSR count). The Kier molecular flexibility index (Phi) is 4.44. The van der Waals surface area contributed by atoms with E-state index < -0.39 is 0 Å². The summed E-state index contributed by atoms with van der Waals surface area (Å²) in [4.78, 5) is 0. The highest BCUT2D eigenvalue weighted by Crippen LogP contribution is 2.31. The Labute approximate surface area is 125 Å². The van der Waals surface area contributed by atoms with Crippen LogP contribution in [0.15, 0.2) is 48.5 Å². The van der Waals surface area contributed by atoms with Crippen LogP contribution >= 0.6 is 11.8 Å². The maximum atomic E-state index is 3.72. The van der Waals surface area contributed by atoms with Gasteiger partial charge in [-0.25, -0.2) is 0 Å². The number of hydrogen-bond acceptors (Lipinski definition) is 2. The fraction of sp³-hybridized carbons (Fsp3) is 0.333. The zero-order chi connectivity index (χ0) is 13.8. The van der Waals surface area contributed by atoms with Crippen molar-refractivity contribution in [1.82, 2.24) is 5.32 Å². The Bertz CT molecular complexity index is 579. The summed E-state index contributed by atoms with van der Waals surface area (Å²) < 4.78 is 0. The first-order valence-electron chi connectivity index (χ1n) is 7.27. The lowest BCUT2D eigenvalue weighted by Gasteiger charge is -2.26. The van der Waals surface area contributed by atoms with Crippen LogP contribution < -0.4 is 5.32 Å². The van der Waals surface area contributed by atoms with Gasteiger partial charge in [-0.2, -0.15) is 11.8 Å². The van der Waals surface area contributed by atoms with E-state index >= 15 is 0 Å². The van der Waals surface area contributed by atoms with Gasteiger partial charge in [0.2, 0.25) is 0 Å². The van der Waals surface area contributed by atoms with Crippen LogP contribution in [-0.2, 0) is 12.2 Å². The second-order valence-corrected chi connectivity index (χ2v) is 6.49. The van der Waals surface area contributed by atoms with Crippen LogP contribution in [0.25, 0.3) is 0 Å². The fourth-order valence-electron chi connectivity index (χ4n) is 2.81. The number of rotatable bonds is 4. The standard InChI is InChI=1S/C18H21NS/c1-14-5-4-6-15(11-14)9-10-19-18-13-20-12-16-7-2-3-8-17(16)18/h2-8,11,18-19H,9-10,12-13H2,1H3. The summed E-state index contributed by atoms with van der Waals surface area (Å²) in [5.41, 5.74) is 5.77. The van der Waals surface area contributed by atoms with Crippen molar-refractivity contribution in [3.05, 3.63) is 70.8 Å². The molecule has 1 nitrogen and oxygen atoms in total. The van der Waals surface area contributed by atoms with Crippen LogP contribution in [0.2, 0.25) is 0 Å². The molecule has 2 aromatic carbocycles. The van der Waals surface area contributed by atoms with E-state index in [4.69, 9.17) is 0 Å². The first-order chi connectivity index (χ1) is 9.83. The van der Waals surface area contributed by atoms with E-state index in [1.165, 1.54) is 28.0 Å². The maximum Gasteiger partial charge on any atom is 0.0415 e. The van der Waals surface area contributed by atoms with Crippen molar-refractivity contribution in [3.8, 4) is 0 Å². The van der Waals surface area contributed by atoms with Crippen LogP contribution in [0.5, 0.6) is 0 Å². The molecule has 0 aliphatic carbocycles. The third kappa shape index (κ3) is 3.25. The summed E-state index contributed by atoms with van der Waals surface area (Å²) in [5, 5.41) is 3.72. The lowest BCUT2D eigenvalue weighted by atomic mass is 10.0. The van der Waals surface area contributed by atoms with E-state index in [2.05, 4.69) is 60.8 Å². The van der Waals surface area contributed by atoms with Crippen molar-refractivity contribution < 1.29 is 0 Å². The average molecular weight is 283 g/mol. The smallest absolute Gasteiger partial charge is 0.0415 e. The third-order valence-corrected chi connectivity index (χ3v) is 4.94. The minimum Gasteiger partial charge on any atom is -0.309 e. The Morgan fingerprint density at radius 2 is 2.05 bits per heavy atom. The molecule has 2 aromatic rings. The Hall–Kier alpha value is -1.25. The highest BCUT2D eigenvalue weighted by atomic mass is 32.2. The topological polar surface area (TPSA) is 12.0 Å². The Morgan fingerprint density at radius 3 is 2.95 bits per heavy atom. The van der Waals surface area contributed by atoms with E-state index in [-0.39, 0.29) is 0 Å². The van der Waals surface area contributed by atoms with Crippen molar-refractivity contribution in [2.24, 2.45) is 0 Å². The zero-order valence-electron chi connectivity index (χ0n) is 11.9. The molecule has 2 heteroatoms. The summed E-state index contributed by atoms with van der Waals surface area (Å²) in [6.07, 6.45) is 1.10. The molecule has 1 unspecified atom stereocenters. The van der Waals surface area contributed by atoms with E-state index in [9.17, 15) is 0 Å². The number of thioether (sulfide) groups is 1. The van der Waals surface area contributed by atoms with Gasteiger partial charge in [0.15, 0.2) is 0 Å². The summed E-state index contributed by atoms with van der Waals surface area (Å²) in [6.45, 7) is 3.20. The maximum absolute atomic E-state index is 3.72. The van der Waals surface area contributed by atoms with Crippen LogP contribution in [0.3, 0.4) is 0 Å². The molecule has 0 saturated heterocycles. The van der Waals surface area contributed by atoms with Crippen molar-refractivity contribution >= 4 is 11.8 Å². The molecule has 0 spiro atoms. The number of hydrogen-bond donors (Lipinski definition) is 1. The summed E-state index contributed by atoms with van der Waals surface area (Å²) in [6, 6.07) is 18.2. The van der Waals surface area contributed by atoms with Crippen molar-refractivity contribution in [2.75, 3.05) is 12.3 Å². The van der Waals surface area contributed by atoms with E-state index in [0.29, 0.717) is 6.04 Å². The molecule has 1 atom stereocenters. The van der Waals surface area contributed by atoms with E-state index in [1.807, 2.05) is 11.8 Å². The van der Waals surface area contributed by atoms with Crippen LogP contribution in [0.1, 0.15) is 28.3 Å². The fourth-order valence-corrected chi connectivity index (χ4v) is 3.94. The van der Waals surface area contributed by atoms with Gasteiger partial charge in [0, 0.05) is 17.5 Å². The van der Waals surface area contributed by atoms with Gasteiger partial charge < -0.3 is 5.32 Å². The molecule has 1 aliphatic heterocycles. The highest BCUT2D eigenvalue weighted by Gasteiger charge is 2.18. The predicted molar refractivity (Wildman–Crippen MR) is 88.2 cm³/mol. The van der Waals surface area contributed by atoms with Gasteiger partial charge >= 0.3 is 0 Å². The number of benzene rings is 2. The Morgan fingerprint density at radius 1 is 1.15 bits per heavy atom. The van der Waals surface area contributed by atoms with Crippen molar-refractivity contribution in [2.45, 2.75) is 25.1 Å². The minimum atomic E-state index is 0.509. The van der Waals surface area contributed by atoms with Crippen molar-refractivity contribution in [3.63, 3.8) is 0 Å². The van der Waals surface area contributed by atoms with E-state index in [0.717, 1.165) is 18.7 Å². The molecule has 0 saturated carbocycles. The molecule has 0 fully saturated rings. The van der Waals surface area contributed by atoms with Gasteiger partial charge in [-0.3, -0.25) is 0 Å². The molecule has 0 amide bonds. The zero-order valence-corrected chi connectivity index (χ0v) is 12.7. The predicted octanol–water partition coefficient (Wildman–Crippen LogP) is 4.12. The summed E-state index contributed by atoms with van der Waals surface area (Å²) in [7, 11) is 0. The summed E-state index contributed by atoms with van der Waals surface area (Å²) >= 11 is 2.03. The van der Waals surface area contributed by atoms with Gasteiger partial charge in [0.05, 0.1) is 0 Å². The molecule has 0 radical (unpaired) electrons. The molecule has 1 aliphatic rings. The van der Waals surface area contributed by atoms with Gasteiger partial charge in [-0.15, -0.1) is 0 Å². The first-order valence-corrected chi connectivity index (χ1v) is 8.43. The van der Waals surface area contributed by atoms with E-state index in [1.54, 1.807) is 0 Å². The molecule has 1 N–H and O–H groups in total. The molecular weight excluding hydrogens is 262 g/mol. The molecule has 0 aromatic heterocycles. The second kappa shape index (κ2) is 6.47. The SMILES string of the molecule is Cc1cccc(CCNC2CSCc3ccccc32)c1. The summed E-state index contributed by atoms with van der Waals surface area (Å²) in [5.74, 6) is 2.34. The molecule has 0 bridgehead atoms. The largest absolute Gasteiger partial charge is 0.309 e. The molecular formula is C18H21NS. The monoisotopic (exact) mass is 283 g/mol. The van der Waals surface area contributed by atoms with Crippen LogP contribution in [0.4, 0.5) is 0 Å². The lowest BCUT2D eigenvalue weighted by molar-refractivity contribution is 0.577. The quantitative estimate of drug-likeness (QED) is 0.906. The molecule has 1 heterocycles. The van der Waals surface area contributed by atoms with Crippen molar-refractivity contribution in [1.29, 1.82) is 0 Å². The third-order valence-electron chi connectivity index (χ3n) is 3.86. The number of nitrogens with one attached hydrogen (secondary N) is 1. The number of aryl methyl sites for hydroxylation is 1.